The van der Waals surface area contributed by atoms with Crippen LogP contribution in [0.5, 0.6) is 0 Å². The smallest absolute Gasteiger partial charge is 0.251 e. The van der Waals surface area contributed by atoms with Crippen LogP contribution in [-0.4, -0.2) is 59.7 Å². The molecule has 3 amide bonds. The molecule has 6 heteroatoms. The molecule has 6 nitrogen and oxygen atoms in total. The monoisotopic (exact) mass is 385 g/mol. The maximum atomic E-state index is 12.6. The van der Waals surface area contributed by atoms with Crippen LogP contribution < -0.4 is 5.32 Å². The summed E-state index contributed by atoms with van der Waals surface area (Å²) in [6, 6.07) is 8.85. The molecular weight excluding hydrogens is 354 g/mol. The summed E-state index contributed by atoms with van der Waals surface area (Å²) in [5, 5.41) is 2.90. The molecule has 2 saturated heterocycles. The Morgan fingerprint density at radius 1 is 1.11 bits per heavy atom. The minimum atomic E-state index is -0.205. The van der Waals surface area contributed by atoms with Gasteiger partial charge >= 0.3 is 0 Å². The number of hydrogen-bond acceptors (Lipinski definition) is 3. The van der Waals surface area contributed by atoms with E-state index >= 15 is 0 Å². The summed E-state index contributed by atoms with van der Waals surface area (Å²) in [5.74, 6) is 0.716. The van der Waals surface area contributed by atoms with Gasteiger partial charge in [-0.25, -0.2) is 0 Å². The largest absolute Gasteiger partial charge is 0.349 e. The normalized spacial score (nSPS) is 19.4. The predicted molar refractivity (Wildman–Crippen MR) is 108 cm³/mol. The zero-order valence-electron chi connectivity index (χ0n) is 16.7. The minimum absolute atomic E-state index is 0.0911. The van der Waals surface area contributed by atoms with Gasteiger partial charge in [-0.05, 0) is 50.7 Å². The number of carbonyl (C=O) groups is 3. The molecule has 0 bridgehead atoms. The Morgan fingerprint density at radius 2 is 1.82 bits per heavy atom. The van der Waals surface area contributed by atoms with Gasteiger partial charge in [0.25, 0.3) is 5.91 Å². The highest BCUT2D eigenvalue weighted by molar-refractivity contribution is 5.94. The first-order valence-electron chi connectivity index (χ1n) is 10.4. The molecular formula is C22H31N3O3. The molecule has 1 unspecified atom stereocenters. The van der Waals surface area contributed by atoms with Crippen molar-refractivity contribution >= 4 is 17.7 Å². The van der Waals surface area contributed by atoms with Crippen molar-refractivity contribution < 1.29 is 14.4 Å². The topological polar surface area (TPSA) is 69.7 Å². The third kappa shape index (κ3) is 5.57. The number of nitrogens with zero attached hydrogens (tertiary/aromatic N) is 2. The number of piperidine rings is 2. The second kappa shape index (κ2) is 9.71. The van der Waals surface area contributed by atoms with Crippen LogP contribution in [0, 0.1) is 5.92 Å². The lowest BCUT2D eigenvalue weighted by Crippen LogP contribution is -2.45. The molecule has 1 aromatic carbocycles. The number of rotatable bonds is 6. The van der Waals surface area contributed by atoms with Crippen molar-refractivity contribution in [3.8, 4) is 0 Å². The van der Waals surface area contributed by atoms with Crippen LogP contribution in [0.25, 0.3) is 0 Å². The summed E-state index contributed by atoms with van der Waals surface area (Å²) in [6.07, 6.45) is 5.01. The lowest BCUT2D eigenvalue weighted by Gasteiger charge is -2.36. The van der Waals surface area contributed by atoms with E-state index < -0.39 is 0 Å². The fourth-order valence-electron chi connectivity index (χ4n) is 4.07. The summed E-state index contributed by atoms with van der Waals surface area (Å²) in [7, 11) is 0. The average Bonchev–Trinajstić information content (AvgIpc) is 2.71. The molecule has 2 fully saturated rings. The lowest BCUT2D eigenvalue weighted by atomic mass is 9.94. The molecule has 0 aromatic heterocycles. The van der Waals surface area contributed by atoms with E-state index in [0.717, 1.165) is 51.9 Å². The summed E-state index contributed by atoms with van der Waals surface area (Å²) in [6.45, 7) is 5.07. The standard InChI is InChI=1S/C22H31N3O3/c1-17(23-22(28)19-7-3-2-4-8-19)15-21(27)24-13-10-18(11-14-24)16-25-12-6-5-9-20(25)26/h2-4,7-8,17-18H,5-6,9-16H2,1H3,(H,23,28). The Labute approximate surface area is 167 Å². The van der Waals surface area contributed by atoms with Crippen LogP contribution in [0.1, 0.15) is 55.8 Å². The fraction of sp³-hybridized carbons (Fsp3) is 0.591. The molecule has 28 heavy (non-hydrogen) atoms. The molecule has 2 heterocycles. The summed E-state index contributed by atoms with van der Waals surface area (Å²) in [4.78, 5) is 40.7. The van der Waals surface area contributed by atoms with Crippen molar-refractivity contribution in [2.75, 3.05) is 26.2 Å². The number of likely N-dealkylation sites (tertiary alicyclic amines) is 2. The van der Waals surface area contributed by atoms with Crippen molar-refractivity contribution in [1.82, 2.24) is 15.1 Å². The highest BCUT2D eigenvalue weighted by Crippen LogP contribution is 2.21. The van der Waals surface area contributed by atoms with Crippen LogP contribution in [0.3, 0.4) is 0 Å². The first kappa shape index (κ1) is 20.4. The molecule has 3 rings (SSSR count). The van der Waals surface area contributed by atoms with Crippen molar-refractivity contribution in [2.24, 2.45) is 5.92 Å². The van der Waals surface area contributed by atoms with Gasteiger partial charge in [0.1, 0.15) is 0 Å². The van der Waals surface area contributed by atoms with Crippen molar-refractivity contribution in [1.29, 1.82) is 0 Å². The third-order valence-corrected chi connectivity index (χ3v) is 5.76. The van der Waals surface area contributed by atoms with E-state index in [1.807, 2.05) is 34.9 Å². The number of nitrogens with one attached hydrogen (secondary N) is 1. The van der Waals surface area contributed by atoms with Crippen molar-refractivity contribution in [2.45, 2.75) is 51.5 Å². The van der Waals surface area contributed by atoms with Gasteiger partial charge in [0.2, 0.25) is 11.8 Å². The van der Waals surface area contributed by atoms with Crippen molar-refractivity contribution in [3.05, 3.63) is 35.9 Å². The van der Waals surface area contributed by atoms with Gasteiger partial charge in [0.15, 0.2) is 0 Å². The number of benzene rings is 1. The molecule has 0 saturated carbocycles. The first-order chi connectivity index (χ1) is 13.5. The van der Waals surface area contributed by atoms with E-state index in [1.165, 1.54) is 0 Å². The maximum absolute atomic E-state index is 12.6. The van der Waals surface area contributed by atoms with Gasteiger partial charge in [0, 0.05) is 50.6 Å². The Bertz CT molecular complexity index is 684. The number of hydrogen-bond donors (Lipinski definition) is 1. The van der Waals surface area contributed by atoms with E-state index in [2.05, 4.69) is 5.32 Å². The Hall–Kier alpha value is -2.37. The highest BCUT2D eigenvalue weighted by atomic mass is 16.2. The minimum Gasteiger partial charge on any atom is -0.349 e. The maximum Gasteiger partial charge on any atom is 0.251 e. The second-order valence-electron chi connectivity index (χ2n) is 8.07. The van der Waals surface area contributed by atoms with Crippen LogP contribution in [-0.2, 0) is 9.59 Å². The van der Waals surface area contributed by atoms with Crippen LogP contribution in [0.4, 0.5) is 0 Å². The quantitative estimate of drug-likeness (QED) is 0.818. The Balaban J connectivity index is 1.39. The molecule has 1 aromatic rings. The SMILES string of the molecule is CC(CC(=O)N1CCC(CN2CCCCC2=O)CC1)NC(=O)c1ccccc1. The molecule has 152 valence electrons. The van der Waals surface area contributed by atoms with Crippen molar-refractivity contribution in [3.63, 3.8) is 0 Å². The molecule has 0 radical (unpaired) electrons. The highest BCUT2D eigenvalue weighted by Gasteiger charge is 2.27. The van der Waals surface area contributed by atoms with Crippen LogP contribution >= 0.6 is 0 Å². The zero-order chi connectivity index (χ0) is 19.9. The van der Waals surface area contributed by atoms with E-state index in [4.69, 9.17) is 0 Å². The molecule has 2 aliphatic heterocycles. The molecule has 0 aliphatic carbocycles. The van der Waals surface area contributed by atoms with Gasteiger partial charge < -0.3 is 15.1 Å². The molecule has 1 N–H and O–H groups in total. The van der Waals surface area contributed by atoms with Crippen LogP contribution in [0.2, 0.25) is 0 Å². The second-order valence-corrected chi connectivity index (χ2v) is 8.07. The third-order valence-electron chi connectivity index (χ3n) is 5.76. The molecule has 1 atom stereocenters. The molecule has 0 spiro atoms. The number of amides is 3. The van der Waals surface area contributed by atoms with E-state index in [9.17, 15) is 14.4 Å². The zero-order valence-corrected chi connectivity index (χ0v) is 16.7. The van der Waals surface area contributed by atoms with Gasteiger partial charge in [-0.15, -0.1) is 0 Å². The van der Waals surface area contributed by atoms with Gasteiger partial charge in [-0.1, -0.05) is 18.2 Å². The molecule has 2 aliphatic rings. The fourth-order valence-corrected chi connectivity index (χ4v) is 4.07. The van der Waals surface area contributed by atoms with E-state index in [0.29, 0.717) is 24.3 Å². The average molecular weight is 386 g/mol. The predicted octanol–water partition coefficient (Wildman–Crippen LogP) is 2.45. The van der Waals surface area contributed by atoms with E-state index in [1.54, 1.807) is 12.1 Å². The Kier molecular flexibility index (Phi) is 7.06. The summed E-state index contributed by atoms with van der Waals surface area (Å²) < 4.78 is 0. The number of carbonyl (C=O) groups excluding carboxylic acids is 3. The summed E-state index contributed by atoms with van der Waals surface area (Å²) in [5.41, 5.74) is 0.606. The van der Waals surface area contributed by atoms with Gasteiger partial charge in [-0.3, -0.25) is 14.4 Å². The van der Waals surface area contributed by atoms with Gasteiger partial charge in [-0.2, -0.15) is 0 Å². The van der Waals surface area contributed by atoms with Crippen LogP contribution in [0.15, 0.2) is 30.3 Å². The Morgan fingerprint density at radius 3 is 2.50 bits per heavy atom. The van der Waals surface area contributed by atoms with E-state index in [-0.39, 0.29) is 23.8 Å². The summed E-state index contributed by atoms with van der Waals surface area (Å²) >= 11 is 0. The lowest BCUT2D eigenvalue weighted by molar-refractivity contribution is -0.136. The van der Waals surface area contributed by atoms with Gasteiger partial charge in [0.05, 0.1) is 0 Å². The first-order valence-corrected chi connectivity index (χ1v) is 10.4.